The lowest BCUT2D eigenvalue weighted by atomic mass is 10.2. The van der Waals surface area contributed by atoms with Crippen molar-refractivity contribution >= 4 is 11.2 Å². The first-order chi connectivity index (χ1) is 8.27. The van der Waals surface area contributed by atoms with Crippen LogP contribution in [-0.4, -0.2) is 21.1 Å². The number of aromatic nitrogens is 3. The fraction of sp³-hybridized carbons (Fsp3) is 0.538. The minimum atomic E-state index is 0.368. The Kier molecular flexibility index (Phi) is 2.59. The Labute approximate surface area is 101 Å². The molecule has 1 aliphatic rings. The first kappa shape index (κ1) is 10.7. The van der Waals surface area contributed by atoms with E-state index in [1.807, 2.05) is 18.3 Å². The van der Waals surface area contributed by atoms with Crippen molar-refractivity contribution < 1.29 is 0 Å². The summed E-state index contributed by atoms with van der Waals surface area (Å²) in [5.74, 6) is 1.56. The van der Waals surface area contributed by atoms with Gasteiger partial charge in [0.1, 0.15) is 11.3 Å². The van der Waals surface area contributed by atoms with Crippen molar-refractivity contribution in [3.63, 3.8) is 0 Å². The van der Waals surface area contributed by atoms with Crippen LogP contribution in [0.1, 0.15) is 44.6 Å². The lowest BCUT2D eigenvalue weighted by molar-refractivity contribution is 0.453. The van der Waals surface area contributed by atoms with Crippen molar-refractivity contribution in [1.29, 1.82) is 0 Å². The molecular formula is C13H18N4. The Hall–Kier alpha value is -1.42. The molecule has 0 amide bonds. The van der Waals surface area contributed by atoms with Crippen LogP contribution in [0.15, 0.2) is 18.3 Å². The van der Waals surface area contributed by atoms with Crippen LogP contribution in [0.5, 0.6) is 0 Å². The number of nitrogens with one attached hydrogen (secondary N) is 1. The molecule has 4 heteroatoms. The van der Waals surface area contributed by atoms with Gasteiger partial charge in [0.15, 0.2) is 5.65 Å². The molecule has 3 heterocycles. The molecule has 0 radical (unpaired) electrons. The first-order valence-corrected chi connectivity index (χ1v) is 6.33. The van der Waals surface area contributed by atoms with Gasteiger partial charge in [0, 0.05) is 12.1 Å². The molecule has 1 fully saturated rings. The maximum Gasteiger partial charge on any atom is 0.161 e. The normalized spacial score (nSPS) is 20.5. The molecule has 0 aromatic carbocycles. The van der Waals surface area contributed by atoms with Crippen molar-refractivity contribution in [3.05, 3.63) is 24.2 Å². The van der Waals surface area contributed by atoms with Gasteiger partial charge in [0.2, 0.25) is 0 Å². The highest BCUT2D eigenvalue weighted by atomic mass is 15.3. The maximum atomic E-state index is 4.72. The topological polar surface area (TPSA) is 42.7 Å². The third kappa shape index (κ3) is 1.72. The number of imidazole rings is 1. The minimum Gasteiger partial charge on any atom is -0.297 e. The van der Waals surface area contributed by atoms with Gasteiger partial charge in [-0.05, 0) is 31.5 Å². The third-order valence-corrected chi connectivity index (χ3v) is 3.34. The quantitative estimate of drug-likeness (QED) is 0.861. The molecule has 3 rings (SSSR count). The summed E-state index contributed by atoms with van der Waals surface area (Å²) < 4.78 is 2.28. The summed E-state index contributed by atoms with van der Waals surface area (Å²) >= 11 is 0. The summed E-state index contributed by atoms with van der Waals surface area (Å²) in [7, 11) is 0. The van der Waals surface area contributed by atoms with Crippen LogP contribution in [0.4, 0.5) is 0 Å². The summed E-state index contributed by atoms with van der Waals surface area (Å²) in [4.78, 5) is 9.21. The van der Waals surface area contributed by atoms with Gasteiger partial charge in [0.25, 0.3) is 0 Å². The number of rotatable bonds is 2. The number of fused-ring (bicyclic) bond motifs is 1. The van der Waals surface area contributed by atoms with E-state index >= 15 is 0 Å². The lowest BCUT2D eigenvalue weighted by Gasteiger charge is -2.17. The van der Waals surface area contributed by atoms with Crippen LogP contribution in [0.3, 0.4) is 0 Å². The van der Waals surface area contributed by atoms with E-state index in [2.05, 4.69) is 28.7 Å². The Bertz CT molecular complexity index is 523. The second-order valence-electron chi connectivity index (χ2n) is 4.95. The highest BCUT2D eigenvalue weighted by molar-refractivity contribution is 5.71. The summed E-state index contributed by atoms with van der Waals surface area (Å²) in [6.07, 6.45) is 4.61. The van der Waals surface area contributed by atoms with Gasteiger partial charge < -0.3 is 0 Å². The minimum absolute atomic E-state index is 0.368. The molecule has 1 saturated heterocycles. The van der Waals surface area contributed by atoms with Gasteiger partial charge >= 0.3 is 0 Å². The molecule has 0 spiro atoms. The lowest BCUT2D eigenvalue weighted by Crippen LogP contribution is -2.22. The van der Waals surface area contributed by atoms with E-state index in [1.54, 1.807) is 0 Å². The fourth-order valence-corrected chi connectivity index (χ4v) is 2.55. The molecule has 1 unspecified atom stereocenters. The molecular weight excluding hydrogens is 212 g/mol. The Morgan fingerprint density at radius 1 is 1.47 bits per heavy atom. The molecule has 0 saturated carbocycles. The fourth-order valence-electron chi connectivity index (χ4n) is 2.55. The van der Waals surface area contributed by atoms with Gasteiger partial charge in [0.05, 0.1) is 6.17 Å². The van der Waals surface area contributed by atoms with Crippen molar-refractivity contribution in [3.8, 4) is 0 Å². The molecule has 1 aliphatic heterocycles. The maximum absolute atomic E-state index is 4.72. The predicted molar refractivity (Wildman–Crippen MR) is 67.9 cm³/mol. The van der Waals surface area contributed by atoms with Gasteiger partial charge in [-0.15, -0.1) is 0 Å². The zero-order valence-electron chi connectivity index (χ0n) is 10.3. The van der Waals surface area contributed by atoms with Crippen molar-refractivity contribution in [1.82, 2.24) is 19.9 Å². The molecule has 4 nitrogen and oxygen atoms in total. The molecule has 2 aromatic rings. The highest BCUT2D eigenvalue weighted by Crippen LogP contribution is 2.27. The average Bonchev–Trinajstić information content (AvgIpc) is 2.94. The van der Waals surface area contributed by atoms with Crippen LogP contribution in [0.2, 0.25) is 0 Å². The molecule has 2 aromatic heterocycles. The van der Waals surface area contributed by atoms with Gasteiger partial charge in [-0.25, -0.2) is 9.97 Å². The second-order valence-corrected chi connectivity index (χ2v) is 4.95. The van der Waals surface area contributed by atoms with Gasteiger partial charge in [-0.1, -0.05) is 13.8 Å². The van der Waals surface area contributed by atoms with E-state index in [9.17, 15) is 0 Å². The smallest absolute Gasteiger partial charge is 0.161 e. The van der Waals surface area contributed by atoms with E-state index in [1.165, 1.54) is 12.8 Å². The van der Waals surface area contributed by atoms with Crippen LogP contribution in [-0.2, 0) is 0 Å². The molecule has 1 atom stereocenters. The first-order valence-electron chi connectivity index (χ1n) is 6.33. The zero-order chi connectivity index (χ0) is 11.8. The monoisotopic (exact) mass is 230 g/mol. The van der Waals surface area contributed by atoms with Crippen molar-refractivity contribution in [2.75, 3.05) is 6.54 Å². The van der Waals surface area contributed by atoms with E-state index in [-0.39, 0.29) is 0 Å². The van der Waals surface area contributed by atoms with Crippen LogP contribution in [0, 0.1) is 0 Å². The molecule has 0 bridgehead atoms. The van der Waals surface area contributed by atoms with E-state index < -0.39 is 0 Å². The van der Waals surface area contributed by atoms with Gasteiger partial charge in [-0.3, -0.25) is 9.88 Å². The van der Waals surface area contributed by atoms with Crippen molar-refractivity contribution in [2.45, 2.75) is 38.8 Å². The zero-order valence-corrected chi connectivity index (χ0v) is 10.3. The molecule has 0 aliphatic carbocycles. The SMILES string of the molecule is CC(C)c1nc2cccnc2n1C1CCCN1. The summed E-state index contributed by atoms with van der Waals surface area (Å²) in [5.41, 5.74) is 2.01. The molecule has 90 valence electrons. The van der Waals surface area contributed by atoms with E-state index in [0.29, 0.717) is 12.1 Å². The number of pyridine rings is 1. The molecule has 1 N–H and O–H groups in total. The average molecular weight is 230 g/mol. The largest absolute Gasteiger partial charge is 0.297 e. The Morgan fingerprint density at radius 3 is 3.06 bits per heavy atom. The number of hydrogen-bond acceptors (Lipinski definition) is 3. The predicted octanol–water partition coefficient (Wildman–Crippen LogP) is 2.44. The van der Waals surface area contributed by atoms with Crippen LogP contribution < -0.4 is 5.32 Å². The highest BCUT2D eigenvalue weighted by Gasteiger charge is 2.23. The van der Waals surface area contributed by atoms with Crippen LogP contribution >= 0.6 is 0 Å². The summed E-state index contributed by atoms with van der Waals surface area (Å²) in [5, 5.41) is 3.53. The second kappa shape index (κ2) is 4.11. The van der Waals surface area contributed by atoms with E-state index in [0.717, 1.165) is 23.5 Å². The summed E-state index contributed by atoms with van der Waals surface area (Å²) in [6, 6.07) is 3.99. The third-order valence-electron chi connectivity index (χ3n) is 3.34. The van der Waals surface area contributed by atoms with Gasteiger partial charge in [-0.2, -0.15) is 0 Å². The standard InChI is InChI=1S/C13H18N4/c1-9(2)12-16-10-5-3-8-15-13(10)17(12)11-6-4-7-14-11/h3,5,8-9,11,14H,4,6-7H2,1-2H3. The number of nitrogens with zero attached hydrogens (tertiary/aromatic N) is 3. The Morgan fingerprint density at radius 2 is 2.35 bits per heavy atom. The summed E-state index contributed by atoms with van der Waals surface area (Å²) in [6.45, 7) is 5.47. The van der Waals surface area contributed by atoms with E-state index in [4.69, 9.17) is 4.98 Å². The Balaban J connectivity index is 2.20. The van der Waals surface area contributed by atoms with Crippen molar-refractivity contribution in [2.24, 2.45) is 0 Å². The molecule has 17 heavy (non-hydrogen) atoms. The number of hydrogen-bond donors (Lipinski definition) is 1. The van der Waals surface area contributed by atoms with Crippen LogP contribution in [0.25, 0.3) is 11.2 Å².